The molecule has 1 aliphatic rings. The fourth-order valence-electron chi connectivity index (χ4n) is 6.02. The van der Waals surface area contributed by atoms with Crippen LogP contribution in [0.1, 0.15) is 68.6 Å². The molecule has 1 N–H and O–H groups in total. The number of ketones is 1. The minimum atomic E-state index is 0.0384. The smallest absolute Gasteiger partial charge is 0.182 e. The number of aryl methyl sites for hydroxylation is 2. The molecular weight excluding hydrogens is 466 g/mol. The molecule has 1 aromatic carbocycles. The third-order valence-corrected chi connectivity index (χ3v) is 9.01. The topological polar surface area (TPSA) is 74.8 Å². The number of pyridine rings is 1. The summed E-state index contributed by atoms with van der Waals surface area (Å²) in [5.74, 6) is 0.414. The molecule has 1 aliphatic heterocycles. The number of carbonyl (C=O) groups excluding carboxylic acids is 1. The third-order valence-electron chi connectivity index (χ3n) is 7.89. The highest BCUT2D eigenvalue weighted by Gasteiger charge is 2.43. The summed E-state index contributed by atoms with van der Waals surface area (Å²) >= 11 is 1.54. The predicted molar refractivity (Wildman–Crippen MR) is 147 cm³/mol. The van der Waals surface area contributed by atoms with Gasteiger partial charge in [-0.2, -0.15) is 5.10 Å². The van der Waals surface area contributed by atoms with Crippen molar-refractivity contribution >= 4 is 28.0 Å². The highest BCUT2D eigenvalue weighted by molar-refractivity contribution is 7.18. The van der Waals surface area contributed by atoms with Crippen LogP contribution >= 0.6 is 11.3 Å². The Bertz CT molecular complexity index is 1410. The number of nitrogens with one attached hydrogen (secondary N) is 1. The van der Waals surface area contributed by atoms with Gasteiger partial charge >= 0.3 is 0 Å². The first-order valence-corrected chi connectivity index (χ1v) is 13.4. The number of Topliss-reactive ketones (excluding diaryl/α,β-unsaturated/α-hetero) is 1. The quantitative estimate of drug-likeness (QED) is 0.303. The number of hydrogen-bond acceptors (Lipinski definition) is 6. The molecule has 0 radical (unpaired) electrons. The molecule has 0 unspecified atom stereocenters. The van der Waals surface area contributed by atoms with Gasteiger partial charge in [-0.25, -0.2) is 4.98 Å². The number of likely N-dealkylation sites (tertiary alicyclic amines) is 1. The predicted octanol–water partition coefficient (Wildman–Crippen LogP) is 6.84. The van der Waals surface area contributed by atoms with Gasteiger partial charge in [-0.15, -0.1) is 11.3 Å². The summed E-state index contributed by atoms with van der Waals surface area (Å²) in [6.45, 7) is 13.3. The van der Waals surface area contributed by atoms with Crippen molar-refractivity contribution in [3.8, 4) is 21.1 Å². The molecule has 7 heteroatoms. The third kappa shape index (κ3) is 4.39. The van der Waals surface area contributed by atoms with Crippen LogP contribution in [0.2, 0.25) is 0 Å². The molecule has 0 atom stereocenters. The minimum Gasteiger partial charge on any atom is -0.296 e. The number of aromatic amines is 1. The van der Waals surface area contributed by atoms with E-state index in [9.17, 15) is 4.79 Å². The molecule has 4 aromatic rings. The Hall–Kier alpha value is -2.90. The van der Waals surface area contributed by atoms with Crippen molar-refractivity contribution in [3.63, 3.8) is 0 Å². The van der Waals surface area contributed by atoms with E-state index < -0.39 is 0 Å². The lowest BCUT2D eigenvalue weighted by Gasteiger charge is -2.53. The minimum absolute atomic E-state index is 0.0384. The average molecular weight is 502 g/mol. The standard InChI is InChI=1S/C29H35N5OS/c1-17-11-18(2)23-21(12-17)24(33-32-23)27-31-25(26(36-27)20-9-8-10-30-16-20)22(35)13-19-14-28(3,4)34(7)29(5,6)15-19/h8-12,16,19H,13-15H2,1-7H3,(H,32,33). The van der Waals surface area contributed by atoms with Gasteiger partial charge in [0, 0.05) is 40.8 Å². The molecule has 36 heavy (non-hydrogen) atoms. The second-order valence-electron chi connectivity index (χ2n) is 11.6. The van der Waals surface area contributed by atoms with E-state index in [-0.39, 0.29) is 16.9 Å². The van der Waals surface area contributed by atoms with Gasteiger partial charge in [0.2, 0.25) is 0 Å². The molecule has 6 nitrogen and oxygen atoms in total. The van der Waals surface area contributed by atoms with E-state index in [0.717, 1.165) is 50.5 Å². The zero-order valence-corrected chi connectivity index (χ0v) is 23.1. The Labute approximate surface area is 217 Å². The number of carbonyl (C=O) groups is 1. The molecule has 5 rings (SSSR count). The van der Waals surface area contributed by atoms with Gasteiger partial charge < -0.3 is 0 Å². The van der Waals surface area contributed by atoms with Crippen LogP contribution in [0, 0.1) is 19.8 Å². The zero-order chi connectivity index (χ0) is 25.8. The van der Waals surface area contributed by atoms with E-state index in [4.69, 9.17) is 4.98 Å². The summed E-state index contributed by atoms with van der Waals surface area (Å²) in [5, 5.41) is 9.59. The lowest BCUT2D eigenvalue weighted by molar-refractivity contribution is -0.0300. The van der Waals surface area contributed by atoms with Crippen LogP contribution in [0.5, 0.6) is 0 Å². The van der Waals surface area contributed by atoms with Crippen LogP contribution in [0.25, 0.3) is 32.0 Å². The monoisotopic (exact) mass is 501 g/mol. The van der Waals surface area contributed by atoms with Gasteiger partial charge in [-0.05, 0) is 85.0 Å². The second-order valence-corrected chi connectivity index (χ2v) is 12.6. The Morgan fingerprint density at radius 1 is 1.17 bits per heavy atom. The van der Waals surface area contributed by atoms with E-state index in [1.165, 1.54) is 16.9 Å². The lowest BCUT2D eigenvalue weighted by Crippen LogP contribution is -2.58. The maximum atomic E-state index is 13.8. The van der Waals surface area contributed by atoms with Crippen LogP contribution in [-0.2, 0) is 0 Å². The summed E-state index contributed by atoms with van der Waals surface area (Å²) in [4.78, 5) is 26.4. The Morgan fingerprint density at radius 3 is 2.56 bits per heavy atom. The fourth-order valence-corrected chi connectivity index (χ4v) is 7.11. The zero-order valence-electron chi connectivity index (χ0n) is 22.3. The Balaban J connectivity index is 1.55. The van der Waals surface area contributed by atoms with Crippen molar-refractivity contribution in [1.82, 2.24) is 25.1 Å². The maximum absolute atomic E-state index is 13.8. The Kier molecular flexibility index (Phi) is 6.12. The van der Waals surface area contributed by atoms with Crippen molar-refractivity contribution in [2.45, 2.75) is 71.9 Å². The van der Waals surface area contributed by atoms with Crippen LogP contribution in [0.15, 0.2) is 36.7 Å². The molecular formula is C29H35N5OS. The van der Waals surface area contributed by atoms with Gasteiger partial charge in [0.1, 0.15) is 16.4 Å². The van der Waals surface area contributed by atoms with Gasteiger partial charge in [0.15, 0.2) is 5.78 Å². The van der Waals surface area contributed by atoms with Crippen LogP contribution in [0.4, 0.5) is 0 Å². The van der Waals surface area contributed by atoms with E-state index in [1.807, 2.05) is 18.3 Å². The summed E-state index contributed by atoms with van der Waals surface area (Å²) in [6.07, 6.45) is 6.04. The van der Waals surface area contributed by atoms with Gasteiger partial charge in [-0.3, -0.25) is 19.8 Å². The van der Waals surface area contributed by atoms with Crippen molar-refractivity contribution in [3.05, 3.63) is 53.5 Å². The van der Waals surface area contributed by atoms with Crippen molar-refractivity contribution in [1.29, 1.82) is 0 Å². The SMILES string of the molecule is Cc1cc(C)c2n[nH]c(-c3nc(C(=O)CC4CC(C)(C)N(C)C(C)(C)C4)c(-c4cccnc4)s3)c2c1. The van der Waals surface area contributed by atoms with E-state index >= 15 is 0 Å². The fraction of sp³-hybridized carbons (Fsp3) is 0.448. The Morgan fingerprint density at radius 2 is 1.89 bits per heavy atom. The summed E-state index contributed by atoms with van der Waals surface area (Å²) in [6, 6.07) is 8.18. The van der Waals surface area contributed by atoms with Crippen LogP contribution < -0.4 is 0 Å². The number of H-pyrrole nitrogens is 1. The molecule has 0 bridgehead atoms. The van der Waals surface area contributed by atoms with Crippen LogP contribution in [-0.4, -0.2) is 49.0 Å². The normalized spacial score (nSPS) is 18.1. The number of nitrogens with zero attached hydrogens (tertiary/aromatic N) is 4. The average Bonchev–Trinajstić information content (AvgIpc) is 3.42. The largest absolute Gasteiger partial charge is 0.296 e. The van der Waals surface area contributed by atoms with E-state index in [1.54, 1.807) is 6.20 Å². The summed E-state index contributed by atoms with van der Waals surface area (Å²) in [7, 11) is 2.20. The molecule has 0 aliphatic carbocycles. The molecule has 0 amide bonds. The number of fused-ring (bicyclic) bond motifs is 1. The first-order chi connectivity index (χ1) is 17.0. The molecule has 1 fully saturated rings. The number of benzene rings is 1. The van der Waals surface area contributed by atoms with Gasteiger partial charge in [-0.1, -0.05) is 17.7 Å². The highest BCUT2D eigenvalue weighted by atomic mass is 32.1. The molecule has 1 saturated heterocycles. The molecule has 3 aromatic heterocycles. The summed E-state index contributed by atoms with van der Waals surface area (Å²) in [5.41, 5.74) is 5.66. The van der Waals surface area contributed by atoms with Crippen LogP contribution in [0.3, 0.4) is 0 Å². The lowest BCUT2D eigenvalue weighted by atomic mass is 9.72. The molecule has 188 valence electrons. The van der Waals surface area contributed by atoms with Crippen molar-refractivity contribution < 1.29 is 4.79 Å². The maximum Gasteiger partial charge on any atom is 0.182 e. The molecule has 4 heterocycles. The number of aromatic nitrogens is 4. The van der Waals surface area contributed by atoms with Gasteiger partial charge in [0.25, 0.3) is 0 Å². The van der Waals surface area contributed by atoms with E-state index in [2.05, 4.69) is 80.8 Å². The van der Waals surface area contributed by atoms with Crippen molar-refractivity contribution in [2.75, 3.05) is 7.05 Å². The number of thiazole rings is 1. The summed E-state index contributed by atoms with van der Waals surface area (Å²) < 4.78 is 0. The first-order valence-electron chi connectivity index (χ1n) is 12.6. The number of piperidine rings is 1. The highest BCUT2D eigenvalue weighted by Crippen LogP contribution is 2.43. The number of hydrogen-bond donors (Lipinski definition) is 1. The molecule has 0 saturated carbocycles. The molecule has 0 spiro atoms. The van der Waals surface area contributed by atoms with Gasteiger partial charge in [0.05, 0.1) is 10.4 Å². The van der Waals surface area contributed by atoms with Crippen molar-refractivity contribution in [2.24, 2.45) is 5.92 Å². The number of rotatable bonds is 5. The second kappa shape index (κ2) is 8.89. The first kappa shape index (κ1) is 24.8. The van der Waals surface area contributed by atoms with E-state index in [0.29, 0.717) is 18.0 Å².